The molecule has 2 fully saturated rings. The molecule has 4 N–H and O–H groups in total. The van der Waals surface area contributed by atoms with E-state index in [1.807, 2.05) is 23.1 Å². The maximum atomic E-state index is 16.1. The van der Waals surface area contributed by atoms with E-state index in [1.54, 1.807) is 6.33 Å². The third-order valence-electron chi connectivity index (χ3n) is 7.97. The fourth-order valence-electron chi connectivity index (χ4n) is 5.54. The molecule has 0 aromatic carbocycles. The lowest BCUT2D eigenvalue weighted by Crippen LogP contribution is -2.33. The largest absolute Gasteiger partial charge is 0.382 e. The molecular formula is C26H34FN10O4P. The van der Waals surface area contributed by atoms with Gasteiger partial charge in [0.25, 0.3) is 0 Å². The first-order valence-electron chi connectivity index (χ1n) is 13.5. The Labute approximate surface area is 241 Å². The number of fused-ring (bicyclic) bond motifs is 2. The van der Waals surface area contributed by atoms with Gasteiger partial charge in [-0.25, -0.2) is 34.3 Å². The molecule has 2 aliphatic rings. The number of anilines is 2. The zero-order valence-corrected chi connectivity index (χ0v) is 24.6. The molecule has 0 bridgehead atoms. The number of rotatable bonds is 8. The second kappa shape index (κ2) is 11.0. The summed E-state index contributed by atoms with van der Waals surface area (Å²) in [7, 11) is -0.958. The van der Waals surface area contributed by atoms with Crippen molar-refractivity contribution in [3.05, 3.63) is 37.2 Å². The molecule has 2 saturated heterocycles. The van der Waals surface area contributed by atoms with Gasteiger partial charge in [-0.2, -0.15) is 0 Å². The molecule has 2 aliphatic heterocycles. The molecule has 16 heteroatoms. The van der Waals surface area contributed by atoms with Gasteiger partial charge in [-0.3, -0.25) is 9.13 Å². The number of methoxy groups -OCH3 is 1. The number of ether oxygens (including phenoxy) is 3. The molecule has 42 heavy (non-hydrogen) atoms. The Morgan fingerprint density at radius 2 is 1.55 bits per heavy atom. The van der Waals surface area contributed by atoms with Gasteiger partial charge in [0.05, 0.1) is 25.4 Å². The minimum atomic E-state index is -2.49. The minimum Gasteiger partial charge on any atom is -0.382 e. The number of aromatic nitrogens is 8. The highest BCUT2D eigenvalue weighted by Gasteiger charge is 2.48. The van der Waals surface area contributed by atoms with E-state index in [0.29, 0.717) is 28.1 Å². The Balaban J connectivity index is 1.19. The highest BCUT2D eigenvalue weighted by molar-refractivity contribution is 7.71. The van der Waals surface area contributed by atoms with Crippen LogP contribution in [0.5, 0.6) is 0 Å². The van der Waals surface area contributed by atoms with Crippen LogP contribution < -0.4 is 11.5 Å². The first-order chi connectivity index (χ1) is 20.1. The fourth-order valence-corrected chi connectivity index (χ4v) is 6.95. The zero-order valence-electron chi connectivity index (χ0n) is 23.7. The summed E-state index contributed by atoms with van der Waals surface area (Å²) in [5, 5.41) is 0. The van der Waals surface area contributed by atoms with Gasteiger partial charge in [-0.05, 0) is 18.4 Å². The Hall–Kier alpha value is -3.49. The molecule has 4 aromatic heterocycles. The second-order valence-corrected chi connectivity index (χ2v) is 13.8. The number of halogens is 1. The predicted octanol–water partition coefficient (Wildman–Crippen LogP) is 2.78. The minimum absolute atomic E-state index is 0.129. The van der Waals surface area contributed by atoms with Crippen molar-refractivity contribution in [3.63, 3.8) is 0 Å². The number of nitrogens with zero attached hydrogens (tertiary/aromatic N) is 8. The van der Waals surface area contributed by atoms with Gasteiger partial charge in [-0.1, -0.05) is 26.2 Å². The SMILES string of the molecule is C=P(C)(/C=C/[C@H]1O[C@@H](n2cnc3c(N)ncnc32)[C@H](C)[C@@H]1C)O[C@H]1[C@@H](F)[C@H](n2cnc3c(N)ncnc32)O[C@@H]1COC. The van der Waals surface area contributed by atoms with E-state index in [0.717, 1.165) is 0 Å². The van der Waals surface area contributed by atoms with Crippen LogP contribution in [0.25, 0.3) is 22.3 Å². The molecule has 0 aliphatic carbocycles. The van der Waals surface area contributed by atoms with Gasteiger partial charge in [-0.15, -0.1) is 0 Å². The van der Waals surface area contributed by atoms with E-state index in [9.17, 15) is 0 Å². The molecule has 0 radical (unpaired) electrons. The summed E-state index contributed by atoms with van der Waals surface area (Å²) in [6.07, 6.45) is 7.34. The van der Waals surface area contributed by atoms with Crippen molar-refractivity contribution < 1.29 is 23.1 Å². The van der Waals surface area contributed by atoms with Gasteiger partial charge in [0.2, 0.25) is 0 Å². The molecule has 224 valence electrons. The van der Waals surface area contributed by atoms with Crippen LogP contribution in [0.4, 0.5) is 16.0 Å². The van der Waals surface area contributed by atoms with Crippen LogP contribution in [0.3, 0.4) is 0 Å². The van der Waals surface area contributed by atoms with Crippen LogP contribution >= 0.6 is 7.11 Å². The van der Waals surface area contributed by atoms with E-state index in [-0.39, 0.29) is 36.6 Å². The third kappa shape index (κ3) is 4.94. The quantitative estimate of drug-likeness (QED) is 0.283. The Morgan fingerprint density at radius 3 is 2.14 bits per heavy atom. The standard InChI is InChI=1S/C26H34FN10O4P/c1-13-14(2)25(36-11-34-18-21(28)30-9-32-23(18)36)39-15(13)6-7-42(4,5)41-20-16(8-38-3)40-26(17(20)27)37-12-35-19-22(29)31-10-33-24(19)37/h6-7,9-17,20,25-26H,4,8H2,1-3,5H3,(H2,28,30,32)(H2,29,31,33)/b7-6+/t13-,14+,15+,16+,17+,20+,25+,26+,42?/m0/s1. The van der Waals surface area contributed by atoms with Crippen molar-refractivity contribution >= 4 is 47.4 Å². The number of hydrogen-bond donors (Lipinski definition) is 2. The van der Waals surface area contributed by atoms with Crippen molar-refractivity contribution in [1.82, 2.24) is 39.0 Å². The lowest BCUT2D eigenvalue weighted by molar-refractivity contribution is -0.0509. The van der Waals surface area contributed by atoms with Crippen molar-refractivity contribution in [2.24, 2.45) is 11.8 Å². The normalized spacial score (nSPS) is 31.5. The molecule has 1 unspecified atom stereocenters. The van der Waals surface area contributed by atoms with E-state index in [4.69, 9.17) is 30.2 Å². The van der Waals surface area contributed by atoms with Gasteiger partial charge >= 0.3 is 0 Å². The predicted molar refractivity (Wildman–Crippen MR) is 156 cm³/mol. The molecule has 14 nitrogen and oxygen atoms in total. The smallest absolute Gasteiger partial charge is 0.174 e. The number of imidazole rings is 2. The second-order valence-electron chi connectivity index (χ2n) is 10.9. The summed E-state index contributed by atoms with van der Waals surface area (Å²) in [6.45, 7) is 6.24. The summed E-state index contributed by atoms with van der Waals surface area (Å²) < 4.78 is 43.7. The first-order valence-corrected chi connectivity index (χ1v) is 15.9. The number of nitrogen functional groups attached to an aromatic ring is 2. The molecule has 6 rings (SSSR count). The maximum Gasteiger partial charge on any atom is 0.174 e. The first kappa shape index (κ1) is 28.6. The Morgan fingerprint density at radius 1 is 0.952 bits per heavy atom. The average molecular weight is 601 g/mol. The monoisotopic (exact) mass is 600 g/mol. The van der Waals surface area contributed by atoms with Gasteiger partial charge in [0, 0.05) is 20.1 Å². The molecule has 9 atom stereocenters. The molecule has 4 aromatic rings. The zero-order chi connectivity index (χ0) is 29.8. The number of nitrogens with two attached hydrogens (primary N) is 2. The summed E-state index contributed by atoms with van der Waals surface area (Å²) in [4.78, 5) is 25.2. The molecule has 0 spiro atoms. The Kier molecular flexibility index (Phi) is 7.48. The van der Waals surface area contributed by atoms with Crippen molar-refractivity contribution in [1.29, 1.82) is 0 Å². The van der Waals surface area contributed by atoms with E-state index in [2.05, 4.69) is 50.1 Å². The van der Waals surface area contributed by atoms with Crippen LogP contribution in [-0.4, -0.2) is 90.2 Å². The molecule has 0 saturated carbocycles. The lowest BCUT2D eigenvalue weighted by Gasteiger charge is -2.26. The van der Waals surface area contributed by atoms with Crippen molar-refractivity contribution in [2.45, 2.75) is 50.8 Å². The third-order valence-corrected chi connectivity index (χ3v) is 9.50. The van der Waals surface area contributed by atoms with E-state index >= 15 is 4.39 Å². The topological polar surface area (TPSA) is 176 Å². The molecule has 0 amide bonds. The van der Waals surface area contributed by atoms with Gasteiger partial charge in [0.1, 0.15) is 42.1 Å². The summed E-state index contributed by atoms with van der Waals surface area (Å²) in [5.41, 5.74) is 13.8. The lowest BCUT2D eigenvalue weighted by atomic mass is 9.93. The van der Waals surface area contributed by atoms with Crippen molar-refractivity contribution in [2.75, 3.05) is 31.8 Å². The van der Waals surface area contributed by atoms with Crippen LogP contribution in [0.15, 0.2) is 37.2 Å². The van der Waals surface area contributed by atoms with Crippen LogP contribution in [-0.2, 0) is 18.7 Å². The highest BCUT2D eigenvalue weighted by atomic mass is 31.2. The van der Waals surface area contributed by atoms with E-state index in [1.165, 1.54) is 30.7 Å². The van der Waals surface area contributed by atoms with Gasteiger partial charge in [0.15, 0.2) is 35.3 Å². The Bertz CT molecular complexity index is 1680. The van der Waals surface area contributed by atoms with E-state index < -0.39 is 31.7 Å². The maximum absolute atomic E-state index is 16.1. The molecule has 6 heterocycles. The van der Waals surface area contributed by atoms with Crippen LogP contribution in [0.1, 0.15) is 26.3 Å². The van der Waals surface area contributed by atoms with Crippen molar-refractivity contribution in [3.8, 4) is 0 Å². The number of hydrogen-bond acceptors (Lipinski definition) is 12. The summed E-state index contributed by atoms with van der Waals surface area (Å²) >= 11 is 0. The summed E-state index contributed by atoms with van der Waals surface area (Å²) in [6, 6.07) is 0. The summed E-state index contributed by atoms with van der Waals surface area (Å²) in [5.74, 6) is 2.71. The van der Waals surface area contributed by atoms with Gasteiger partial charge < -0.3 is 30.2 Å². The molecular weight excluding hydrogens is 566 g/mol. The fraction of sp³-hybridized carbons (Fsp3) is 0.500. The average Bonchev–Trinajstić information content (AvgIpc) is 3.71. The van der Waals surface area contributed by atoms with Crippen LogP contribution in [0, 0.1) is 11.8 Å². The highest BCUT2D eigenvalue weighted by Crippen LogP contribution is 2.51. The number of alkyl halides is 1. The van der Waals surface area contributed by atoms with Crippen LogP contribution in [0.2, 0.25) is 0 Å².